The molecule has 1 aliphatic heterocycles. The summed E-state index contributed by atoms with van der Waals surface area (Å²) < 4.78 is 0. The molecule has 0 saturated heterocycles. The second-order valence-corrected chi connectivity index (χ2v) is 7.34. The highest BCUT2D eigenvalue weighted by molar-refractivity contribution is 6.35. The van der Waals surface area contributed by atoms with E-state index < -0.39 is 23.7 Å². The largest absolute Gasteiger partial charge is 0.545 e. The van der Waals surface area contributed by atoms with Crippen molar-refractivity contribution in [3.05, 3.63) is 94.0 Å². The second kappa shape index (κ2) is 7.53. The summed E-state index contributed by atoms with van der Waals surface area (Å²) in [6, 6.07) is 15.5. The van der Waals surface area contributed by atoms with Gasteiger partial charge in [-0.05, 0) is 66.9 Å². The number of carboxylic acids is 1. The first-order valence-corrected chi connectivity index (χ1v) is 9.49. The smallest absolute Gasteiger partial charge is 0.266 e. The molecule has 3 aromatic carbocycles. The van der Waals surface area contributed by atoms with Crippen molar-refractivity contribution in [3.8, 4) is 0 Å². The molecule has 4 rings (SSSR count). The average molecular weight is 413 g/mol. The Morgan fingerprint density at radius 2 is 1.48 bits per heavy atom. The van der Waals surface area contributed by atoms with Gasteiger partial charge in [0.05, 0.1) is 28.3 Å². The summed E-state index contributed by atoms with van der Waals surface area (Å²) in [6.07, 6.45) is 0. The van der Waals surface area contributed by atoms with E-state index in [2.05, 4.69) is 5.32 Å². The zero-order valence-corrected chi connectivity index (χ0v) is 16.8. The lowest BCUT2D eigenvalue weighted by atomic mass is 10.1. The zero-order chi connectivity index (χ0) is 22.3. The van der Waals surface area contributed by atoms with E-state index >= 15 is 0 Å². The number of anilines is 2. The Morgan fingerprint density at radius 1 is 0.839 bits per heavy atom. The highest BCUT2D eigenvalue weighted by atomic mass is 16.4. The lowest BCUT2D eigenvalue weighted by Crippen LogP contribution is -2.31. The van der Waals surface area contributed by atoms with Crippen LogP contribution < -0.4 is 15.3 Å². The number of nitrogens with zero attached hydrogens (tertiary/aromatic N) is 1. The van der Waals surface area contributed by atoms with E-state index in [1.54, 1.807) is 12.1 Å². The fourth-order valence-corrected chi connectivity index (χ4v) is 3.69. The molecule has 1 heterocycles. The van der Waals surface area contributed by atoms with Crippen LogP contribution in [0.3, 0.4) is 0 Å². The van der Waals surface area contributed by atoms with Crippen LogP contribution in [0, 0.1) is 13.8 Å². The van der Waals surface area contributed by atoms with E-state index in [4.69, 9.17) is 0 Å². The minimum absolute atomic E-state index is 0.0452. The monoisotopic (exact) mass is 413 g/mol. The molecular formula is C24H17N2O5-. The van der Waals surface area contributed by atoms with Crippen LogP contribution in [-0.2, 0) is 0 Å². The molecule has 154 valence electrons. The summed E-state index contributed by atoms with van der Waals surface area (Å²) in [5.41, 5.74) is 2.62. The molecule has 3 aromatic rings. The summed E-state index contributed by atoms with van der Waals surface area (Å²) in [5, 5.41) is 13.9. The Morgan fingerprint density at radius 3 is 2.16 bits per heavy atom. The van der Waals surface area contributed by atoms with E-state index in [1.165, 1.54) is 24.3 Å². The third-order valence-electron chi connectivity index (χ3n) is 4.99. The van der Waals surface area contributed by atoms with Gasteiger partial charge in [-0.1, -0.05) is 24.3 Å². The molecule has 0 bridgehead atoms. The van der Waals surface area contributed by atoms with Gasteiger partial charge >= 0.3 is 0 Å². The van der Waals surface area contributed by atoms with Crippen molar-refractivity contribution >= 4 is 35.1 Å². The molecule has 0 fully saturated rings. The number of carbonyl (C=O) groups is 4. The molecule has 7 heteroatoms. The van der Waals surface area contributed by atoms with Crippen LogP contribution in [0.4, 0.5) is 11.4 Å². The number of rotatable bonds is 4. The van der Waals surface area contributed by atoms with Gasteiger partial charge in [-0.3, -0.25) is 14.4 Å². The van der Waals surface area contributed by atoms with Crippen molar-refractivity contribution < 1.29 is 24.3 Å². The van der Waals surface area contributed by atoms with Crippen LogP contribution >= 0.6 is 0 Å². The Kier molecular flexibility index (Phi) is 4.87. The number of carboxylic acid groups (broad SMARTS) is 1. The van der Waals surface area contributed by atoms with Gasteiger partial charge in [-0.25, -0.2) is 4.90 Å². The maximum Gasteiger partial charge on any atom is 0.266 e. The topological polar surface area (TPSA) is 107 Å². The van der Waals surface area contributed by atoms with E-state index in [1.807, 2.05) is 32.0 Å². The second-order valence-electron chi connectivity index (χ2n) is 7.34. The molecule has 0 spiro atoms. The van der Waals surface area contributed by atoms with Crippen molar-refractivity contribution in [2.45, 2.75) is 13.8 Å². The molecule has 0 aromatic heterocycles. The van der Waals surface area contributed by atoms with Crippen LogP contribution in [0.1, 0.15) is 52.6 Å². The number of imide groups is 1. The maximum absolute atomic E-state index is 13.0. The summed E-state index contributed by atoms with van der Waals surface area (Å²) in [4.78, 5) is 50.9. The van der Waals surface area contributed by atoms with Gasteiger partial charge in [0.1, 0.15) is 0 Å². The molecular weight excluding hydrogens is 396 g/mol. The molecule has 0 saturated carbocycles. The SMILES string of the molecule is Cc1cc(C)cc(NC(=O)c2ccccc2N2C(=O)c3ccc(C(=O)[O-])cc3C2=O)c1. The Balaban J connectivity index is 1.71. The van der Waals surface area contributed by atoms with Crippen LogP contribution in [-0.4, -0.2) is 23.7 Å². The molecule has 0 aliphatic carbocycles. The highest BCUT2D eigenvalue weighted by Gasteiger charge is 2.38. The van der Waals surface area contributed by atoms with E-state index in [0.29, 0.717) is 5.69 Å². The lowest BCUT2D eigenvalue weighted by Gasteiger charge is -2.18. The summed E-state index contributed by atoms with van der Waals surface area (Å²) in [6.45, 7) is 3.83. The van der Waals surface area contributed by atoms with Crippen molar-refractivity contribution in [1.82, 2.24) is 0 Å². The third kappa shape index (κ3) is 3.57. The first-order valence-electron chi connectivity index (χ1n) is 9.49. The molecule has 0 unspecified atom stereocenters. The lowest BCUT2D eigenvalue weighted by molar-refractivity contribution is -0.255. The minimum Gasteiger partial charge on any atom is -0.545 e. The number of benzene rings is 3. The predicted octanol–water partition coefficient (Wildman–Crippen LogP) is 2.72. The first-order chi connectivity index (χ1) is 14.8. The minimum atomic E-state index is -1.45. The van der Waals surface area contributed by atoms with E-state index in [0.717, 1.165) is 22.1 Å². The summed E-state index contributed by atoms with van der Waals surface area (Å²) in [7, 11) is 0. The fraction of sp³-hybridized carbons (Fsp3) is 0.0833. The van der Waals surface area contributed by atoms with Crippen molar-refractivity contribution in [2.24, 2.45) is 0 Å². The van der Waals surface area contributed by atoms with Gasteiger partial charge in [-0.2, -0.15) is 0 Å². The van der Waals surface area contributed by atoms with Gasteiger partial charge < -0.3 is 15.2 Å². The predicted molar refractivity (Wildman–Crippen MR) is 112 cm³/mol. The van der Waals surface area contributed by atoms with Gasteiger partial charge in [0.25, 0.3) is 17.7 Å². The van der Waals surface area contributed by atoms with Crippen LogP contribution in [0.15, 0.2) is 60.7 Å². The van der Waals surface area contributed by atoms with Gasteiger partial charge in [0, 0.05) is 5.69 Å². The Bertz CT molecular complexity index is 1260. The fourth-order valence-electron chi connectivity index (χ4n) is 3.69. The van der Waals surface area contributed by atoms with Crippen molar-refractivity contribution in [2.75, 3.05) is 10.2 Å². The van der Waals surface area contributed by atoms with Crippen LogP contribution in [0.2, 0.25) is 0 Å². The molecule has 3 amide bonds. The normalized spacial score (nSPS) is 12.6. The molecule has 1 N–H and O–H groups in total. The Labute approximate surface area is 177 Å². The number of carbonyl (C=O) groups excluding carboxylic acids is 4. The number of aromatic carboxylic acids is 1. The molecule has 31 heavy (non-hydrogen) atoms. The zero-order valence-electron chi connectivity index (χ0n) is 16.8. The summed E-state index contributed by atoms with van der Waals surface area (Å²) in [5.74, 6) is -3.26. The van der Waals surface area contributed by atoms with Crippen LogP contribution in [0.25, 0.3) is 0 Å². The number of fused-ring (bicyclic) bond motifs is 1. The molecule has 1 aliphatic rings. The van der Waals surface area contributed by atoms with E-state index in [-0.39, 0.29) is 27.9 Å². The molecule has 0 atom stereocenters. The van der Waals surface area contributed by atoms with Crippen LogP contribution in [0.5, 0.6) is 0 Å². The molecule has 0 radical (unpaired) electrons. The number of hydrogen-bond acceptors (Lipinski definition) is 5. The van der Waals surface area contributed by atoms with Crippen molar-refractivity contribution in [3.63, 3.8) is 0 Å². The van der Waals surface area contributed by atoms with Gasteiger partial charge in [0.2, 0.25) is 0 Å². The third-order valence-corrected chi connectivity index (χ3v) is 4.99. The van der Waals surface area contributed by atoms with Gasteiger partial charge in [-0.15, -0.1) is 0 Å². The quantitative estimate of drug-likeness (QED) is 0.662. The maximum atomic E-state index is 13.0. The van der Waals surface area contributed by atoms with Gasteiger partial charge in [0.15, 0.2) is 0 Å². The van der Waals surface area contributed by atoms with E-state index in [9.17, 15) is 24.3 Å². The standard InChI is InChI=1S/C24H18N2O5/c1-13-9-14(2)11-16(10-13)25-21(27)18-5-3-4-6-20(18)26-22(28)17-8-7-15(24(30)31)12-19(17)23(26)29/h3-12H,1-2H3,(H,25,27)(H,30,31)/p-1. The molecule has 7 nitrogen and oxygen atoms in total. The Hall–Kier alpha value is -4.26. The average Bonchev–Trinajstić information content (AvgIpc) is 2.97. The van der Waals surface area contributed by atoms with Crippen molar-refractivity contribution in [1.29, 1.82) is 0 Å². The number of amides is 3. The first kappa shape index (κ1) is 20.0. The number of aryl methyl sites for hydroxylation is 2. The highest BCUT2D eigenvalue weighted by Crippen LogP contribution is 2.32. The summed E-state index contributed by atoms with van der Waals surface area (Å²) >= 11 is 0. The number of para-hydroxylation sites is 1. The number of hydrogen-bond donors (Lipinski definition) is 1. The number of nitrogens with one attached hydrogen (secondary N) is 1.